The Morgan fingerprint density at radius 2 is 2.05 bits per heavy atom. The fourth-order valence-electron chi connectivity index (χ4n) is 1.73. The predicted octanol–water partition coefficient (Wildman–Crippen LogP) is 2.37. The molecule has 0 aromatic heterocycles. The molecule has 1 rings (SSSR count). The number of hydrogen-bond donors (Lipinski definition) is 3. The molecule has 0 aliphatic carbocycles. The maximum atomic E-state index is 12.1. The Bertz CT molecular complexity index is 503. The summed E-state index contributed by atoms with van der Waals surface area (Å²) in [6.07, 6.45) is 0.945. The van der Waals surface area contributed by atoms with E-state index in [-0.39, 0.29) is 11.3 Å². The highest BCUT2D eigenvalue weighted by molar-refractivity contribution is 14.1. The zero-order valence-corrected chi connectivity index (χ0v) is 12.9. The van der Waals surface area contributed by atoms with Crippen LogP contribution >= 0.6 is 22.6 Å². The monoisotopic (exact) mass is 377 g/mol. The number of phenolic OH excluding ortho intramolecular Hbond substituents is 1. The van der Waals surface area contributed by atoms with Crippen LogP contribution in [0.15, 0.2) is 18.2 Å². The summed E-state index contributed by atoms with van der Waals surface area (Å²) in [6.45, 7) is 3.30. The minimum Gasteiger partial charge on any atom is -0.507 e. The van der Waals surface area contributed by atoms with E-state index in [1.807, 2.05) is 29.5 Å². The first-order valence-corrected chi connectivity index (χ1v) is 6.92. The van der Waals surface area contributed by atoms with E-state index in [4.69, 9.17) is 0 Å². The van der Waals surface area contributed by atoms with Crippen LogP contribution in [-0.4, -0.2) is 27.6 Å². The number of hydrogen-bond acceptors (Lipinski definition) is 3. The van der Waals surface area contributed by atoms with Gasteiger partial charge in [-0.1, -0.05) is 13.3 Å². The Morgan fingerprint density at radius 1 is 1.42 bits per heavy atom. The molecule has 0 fully saturated rings. The molecule has 5 nitrogen and oxygen atoms in total. The molecule has 0 aliphatic rings. The molecular formula is C13H16INO4. The van der Waals surface area contributed by atoms with E-state index in [1.54, 1.807) is 6.07 Å². The van der Waals surface area contributed by atoms with Crippen LogP contribution < -0.4 is 5.32 Å². The van der Waals surface area contributed by atoms with Gasteiger partial charge in [0.2, 0.25) is 0 Å². The molecule has 1 atom stereocenters. The highest BCUT2D eigenvalue weighted by Crippen LogP contribution is 2.21. The Labute approximate surface area is 125 Å². The first kappa shape index (κ1) is 15.7. The first-order chi connectivity index (χ1) is 8.80. The van der Waals surface area contributed by atoms with Gasteiger partial charge in [0.1, 0.15) is 11.3 Å². The molecule has 0 saturated heterocycles. The lowest BCUT2D eigenvalue weighted by Gasteiger charge is -2.26. The maximum Gasteiger partial charge on any atom is 0.329 e. The molecule has 1 aromatic carbocycles. The third kappa shape index (κ3) is 3.82. The number of nitrogens with one attached hydrogen (secondary N) is 1. The van der Waals surface area contributed by atoms with E-state index >= 15 is 0 Å². The van der Waals surface area contributed by atoms with Crippen molar-refractivity contribution in [2.24, 2.45) is 0 Å². The maximum absolute atomic E-state index is 12.1. The van der Waals surface area contributed by atoms with Gasteiger partial charge in [-0.25, -0.2) is 4.79 Å². The fourth-order valence-corrected chi connectivity index (χ4v) is 2.22. The Morgan fingerprint density at radius 3 is 2.58 bits per heavy atom. The van der Waals surface area contributed by atoms with E-state index in [1.165, 1.54) is 19.1 Å². The van der Waals surface area contributed by atoms with Crippen molar-refractivity contribution in [2.45, 2.75) is 32.2 Å². The zero-order chi connectivity index (χ0) is 14.6. The standard InChI is InChI=1S/C13H16INO4/c1-3-6-13(2,12(18)19)15-11(17)9-7-8(14)4-5-10(9)16/h4-5,7,16H,3,6H2,1-2H3,(H,15,17)(H,18,19). The van der Waals surface area contributed by atoms with Gasteiger partial charge in [-0.15, -0.1) is 0 Å². The third-order valence-electron chi connectivity index (χ3n) is 2.81. The zero-order valence-electron chi connectivity index (χ0n) is 10.7. The van der Waals surface area contributed by atoms with Gasteiger partial charge >= 0.3 is 5.97 Å². The lowest BCUT2D eigenvalue weighted by Crippen LogP contribution is -2.52. The Balaban J connectivity index is 3.00. The van der Waals surface area contributed by atoms with Crippen molar-refractivity contribution in [1.82, 2.24) is 5.32 Å². The topological polar surface area (TPSA) is 86.6 Å². The molecule has 19 heavy (non-hydrogen) atoms. The van der Waals surface area contributed by atoms with Crippen molar-refractivity contribution < 1.29 is 19.8 Å². The van der Waals surface area contributed by atoms with Gasteiger partial charge in [0.15, 0.2) is 0 Å². The lowest BCUT2D eigenvalue weighted by atomic mass is 9.95. The second-order valence-corrected chi connectivity index (χ2v) is 5.75. The van der Waals surface area contributed by atoms with Gasteiger partial charge < -0.3 is 15.5 Å². The van der Waals surface area contributed by atoms with E-state index in [2.05, 4.69) is 5.32 Å². The number of carboxylic acids is 1. The second-order valence-electron chi connectivity index (χ2n) is 4.50. The number of rotatable bonds is 5. The summed E-state index contributed by atoms with van der Waals surface area (Å²) in [4.78, 5) is 23.3. The Hall–Kier alpha value is -1.31. The normalized spacial score (nSPS) is 13.6. The van der Waals surface area contributed by atoms with Crippen LogP contribution in [0, 0.1) is 3.57 Å². The van der Waals surface area contributed by atoms with Gasteiger partial charge in [0.25, 0.3) is 5.91 Å². The van der Waals surface area contributed by atoms with Gasteiger partial charge in [-0.2, -0.15) is 0 Å². The SMILES string of the molecule is CCCC(C)(NC(=O)c1cc(I)ccc1O)C(=O)O. The molecule has 0 heterocycles. The van der Waals surface area contributed by atoms with Gasteiger partial charge in [-0.3, -0.25) is 4.79 Å². The number of carboxylic acid groups (broad SMARTS) is 1. The molecule has 1 amide bonds. The molecule has 1 unspecified atom stereocenters. The minimum absolute atomic E-state index is 0.0791. The van der Waals surface area contributed by atoms with Crippen molar-refractivity contribution >= 4 is 34.5 Å². The molecule has 0 bridgehead atoms. The number of carbonyl (C=O) groups is 2. The quantitative estimate of drug-likeness (QED) is 0.688. The molecule has 104 valence electrons. The summed E-state index contributed by atoms with van der Waals surface area (Å²) >= 11 is 2.02. The largest absolute Gasteiger partial charge is 0.507 e. The number of phenols is 1. The number of amides is 1. The van der Waals surface area contributed by atoms with Crippen LogP contribution in [0.3, 0.4) is 0 Å². The summed E-state index contributed by atoms with van der Waals surface area (Å²) < 4.78 is 0.785. The number of halogens is 1. The molecular weight excluding hydrogens is 361 g/mol. The Kier molecular flexibility index (Phi) is 5.16. The first-order valence-electron chi connectivity index (χ1n) is 5.84. The lowest BCUT2D eigenvalue weighted by molar-refractivity contribution is -0.144. The van der Waals surface area contributed by atoms with E-state index in [0.29, 0.717) is 12.8 Å². The van der Waals surface area contributed by atoms with Crippen molar-refractivity contribution in [3.63, 3.8) is 0 Å². The van der Waals surface area contributed by atoms with Gasteiger partial charge in [0, 0.05) is 3.57 Å². The van der Waals surface area contributed by atoms with Crippen molar-refractivity contribution in [1.29, 1.82) is 0 Å². The minimum atomic E-state index is -1.33. The third-order valence-corrected chi connectivity index (χ3v) is 3.49. The van der Waals surface area contributed by atoms with Crippen molar-refractivity contribution in [3.8, 4) is 5.75 Å². The molecule has 3 N–H and O–H groups in total. The number of aliphatic carboxylic acids is 1. The molecule has 6 heteroatoms. The van der Waals surface area contributed by atoms with Crippen LogP contribution in [0.2, 0.25) is 0 Å². The molecule has 0 spiro atoms. The van der Waals surface area contributed by atoms with Crippen LogP contribution in [0.1, 0.15) is 37.0 Å². The average molecular weight is 377 g/mol. The van der Waals surface area contributed by atoms with Gasteiger partial charge in [-0.05, 0) is 54.1 Å². The number of aromatic hydroxyl groups is 1. The summed E-state index contributed by atoms with van der Waals surface area (Å²) in [5.74, 6) is -1.84. The van der Waals surface area contributed by atoms with E-state index in [0.717, 1.165) is 3.57 Å². The smallest absolute Gasteiger partial charge is 0.329 e. The van der Waals surface area contributed by atoms with Crippen LogP contribution in [0.4, 0.5) is 0 Å². The number of benzene rings is 1. The predicted molar refractivity (Wildman–Crippen MR) is 79.2 cm³/mol. The fraction of sp³-hybridized carbons (Fsp3) is 0.385. The molecule has 0 saturated carbocycles. The van der Waals surface area contributed by atoms with Crippen molar-refractivity contribution in [3.05, 3.63) is 27.3 Å². The summed E-state index contributed by atoms with van der Waals surface area (Å²) in [5, 5.41) is 21.3. The second kappa shape index (κ2) is 6.23. The highest BCUT2D eigenvalue weighted by Gasteiger charge is 2.34. The average Bonchev–Trinajstić information content (AvgIpc) is 2.32. The summed E-state index contributed by atoms with van der Waals surface area (Å²) in [6, 6.07) is 4.59. The number of carbonyl (C=O) groups excluding carboxylic acids is 1. The van der Waals surface area contributed by atoms with E-state index < -0.39 is 17.4 Å². The molecule has 0 radical (unpaired) electrons. The molecule has 0 aliphatic heterocycles. The van der Waals surface area contributed by atoms with Crippen LogP contribution in [0.25, 0.3) is 0 Å². The highest BCUT2D eigenvalue weighted by atomic mass is 127. The summed E-state index contributed by atoms with van der Waals surface area (Å²) in [5.41, 5.74) is -1.25. The summed E-state index contributed by atoms with van der Waals surface area (Å²) in [7, 11) is 0. The van der Waals surface area contributed by atoms with Crippen LogP contribution in [0.5, 0.6) is 5.75 Å². The van der Waals surface area contributed by atoms with Crippen molar-refractivity contribution in [2.75, 3.05) is 0 Å². The molecule has 1 aromatic rings. The van der Waals surface area contributed by atoms with E-state index in [9.17, 15) is 19.8 Å². The van der Waals surface area contributed by atoms with Gasteiger partial charge in [0.05, 0.1) is 5.56 Å². The van der Waals surface area contributed by atoms with Crippen LogP contribution in [-0.2, 0) is 4.79 Å².